The Balaban J connectivity index is 0.737. The number of fused-ring (bicyclic) bond motifs is 5. The van der Waals surface area contributed by atoms with E-state index in [2.05, 4.69) is 19.8 Å². The molecule has 7 fully saturated rings. The highest BCUT2D eigenvalue weighted by Crippen LogP contribution is 2.70. The van der Waals surface area contributed by atoms with Gasteiger partial charge in [-0.15, -0.1) is 6.42 Å². The molecule has 1 unspecified atom stereocenters. The molecule has 8 aliphatic rings. The predicted octanol–water partition coefficient (Wildman–Crippen LogP) is 5.65. The van der Waals surface area contributed by atoms with Crippen molar-refractivity contribution in [1.29, 1.82) is 0 Å². The maximum atomic E-state index is 12.6. The number of ether oxygens (including phenoxy) is 8. The Labute approximate surface area is 372 Å². The highest BCUT2D eigenvalue weighted by atomic mass is 16.7. The summed E-state index contributed by atoms with van der Waals surface area (Å²) in [5.41, 5.74) is 1.00. The lowest BCUT2D eigenvalue weighted by molar-refractivity contribution is -0.337. The Bertz CT molecular complexity index is 1820. The van der Waals surface area contributed by atoms with E-state index < -0.39 is 85.5 Å². The minimum atomic E-state index is -0.958. The molecular formula is C50H70O13. The summed E-state index contributed by atoms with van der Waals surface area (Å²) in [6, 6.07) is 9.42. The van der Waals surface area contributed by atoms with E-state index in [-0.39, 0.29) is 54.0 Å². The smallest absolute Gasteiger partial charge is 0.331 e. The van der Waals surface area contributed by atoms with Crippen LogP contribution in [0.25, 0.3) is 0 Å². The van der Waals surface area contributed by atoms with Crippen LogP contribution in [-0.2, 0) is 42.7 Å². The minimum Gasteiger partial charge on any atom is -0.458 e. The molecular weight excluding hydrogens is 809 g/mol. The third kappa shape index (κ3) is 8.48. The summed E-state index contributed by atoms with van der Waals surface area (Å²) in [7, 11) is 0. The van der Waals surface area contributed by atoms with Crippen molar-refractivity contribution in [3.05, 3.63) is 47.5 Å². The molecule has 0 bridgehead atoms. The molecule has 0 spiro atoms. The Hall–Kier alpha value is -2.45. The molecule has 1 aromatic carbocycles. The number of carbonyl (C=O) groups excluding carboxylic acids is 1. The number of cyclic esters (lactones) is 1. The van der Waals surface area contributed by atoms with Crippen LogP contribution in [0.15, 0.2) is 42.0 Å². The van der Waals surface area contributed by atoms with Gasteiger partial charge in [0.25, 0.3) is 0 Å². The molecule has 0 aromatic heterocycles. The normalized spacial score (nSPS) is 49.1. The Morgan fingerprint density at radius 1 is 0.730 bits per heavy atom. The highest BCUT2D eigenvalue weighted by Gasteiger charge is 2.68. The van der Waals surface area contributed by atoms with Crippen LogP contribution in [0.3, 0.4) is 0 Å². The lowest BCUT2D eigenvalue weighted by Crippen LogP contribution is -2.62. The van der Waals surface area contributed by atoms with Crippen molar-refractivity contribution in [1.82, 2.24) is 0 Å². The third-order valence-electron chi connectivity index (χ3n) is 17.4. The summed E-state index contributed by atoms with van der Waals surface area (Å²) in [4.78, 5) is 12.0. The van der Waals surface area contributed by atoms with Gasteiger partial charge in [-0.25, -0.2) is 4.79 Å². The lowest BCUT2D eigenvalue weighted by Gasteiger charge is -2.64. The molecule has 348 valence electrons. The first-order chi connectivity index (χ1) is 30.1. The molecule has 4 heterocycles. The number of terminal acetylenes is 1. The number of hydrogen-bond acceptors (Lipinski definition) is 13. The molecule has 21 atom stereocenters. The van der Waals surface area contributed by atoms with E-state index in [4.69, 9.17) is 44.3 Å². The molecule has 0 amide bonds. The summed E-state index contributed by atoms with van der Waals surface area (Å²) < 4.78 is 49.3. The number of hydrogen-bond donors (Lipinski definition) is 4. The van der Waals surface area contributed by atoms with Gasteiger partial charge in [-0.2, -0.15) is 0 Å². The second kappa shape index (κ2) is 18.0. The Kier molecular flexibility index (Phi) is 13.0. The largest absolute Gasteiger partial charge is 0.458 e. The molecule has 4 aliphatic heterocycles. The summed E-state index contributed by atoms with van der Waals surface area (Å²) >= 11 is 0. The molecule has 9 rings (SSSR count). The summed E-state index contributed by atoms with van der Waals surface area (Å²) in [6.45, 7) is 10.6. The maximum absolute atomic E-state index is 12.6. The molecule has 0 radical (unpaired) electrons. The Morgan fingerprint density at radius 3 is 1.90 bits per heavy atom. The van der Waals surface area contributed by atoms with Crippen LogP contribution in [0.2, 0.25) is 0 Å². The molecule has 3 saturated heterocycles. The second-order valence-corrected chi connectivity index (χ2v) is 20.8. The number of benzene rings is 1. The van der Waals surface area contributed by atoms with Crippen LogP contribution in [0.1, 0.15) is 123 Å². The molecule has 13 heteroatoms. The van der Waals surface area contributed by atoms with Crippen molar-refractivity contribution < 1.29 is 63.1 Å². The van der Waals surface area contributed by atoms with Gasteiger partial charge < -0.3 is 58.3 Å². The number of aliphatic hydroxyl groups is 4. The van der Waals surface area contributed by atoms with Crippen molar-refractivity contribution >= 4 is 5.97 Å². The van der Waals surface area contributed by atoms with E-state index in [0.717, 1.165) is 68.9 Å². The van der Waals surface area contributed by atoms with Crippen molar-refractivity contribution in [2.45, 2.75) is 203 Å². The van der Waals surface area contributed by atoms with Gasteiger partial charge in [0.1, 0.15) is 31.0 Å². The van der Waals surface area contributed by atoms with Gasteiger partial charge >= 0.3 is 5.97 Å². The zero-order chi connectivity index (χ0) is 44.4. The average molecular weight is 879 g/mol. The third-order valence-corrected chi connectivity index (χ3v) is 17.4. The fourth-order valence-electron chi connectivity index (χ4n) is 14.0. The SMILES string of the molecule is C#C[C@H](O[C@H]1[C@@H](O)C[C@H](O[C@H]2[C@@H](O)C[C@H](O[C@H]3[C@@H](O)C[C@H](O[C@H]4CC[C@]5(C)C6CC[C@]7(C)[C@@H](C8=CC(=O)OC8)CC[C@]7(O)[C@@H]6CC[C@@H]5C4)O[C@@H]3C)O[C@@H]2C)O[C@@H]1C)c1ccccc1. The monoisotopic (exact) mass is 878 g/mol. The van der Waals surface area contributed by atoms with E-state index in [0.29, 0.717) is 18.4 Å². The summed E-state index contributed by atoms with van der Waals surface area (Å²) in [6.07, 6.45) is 7.30. The van der Waals surface area contributed by atoms with Gasteiger partial charge in [-0.05, 0) is 119 Å². The quantitative estimate of drug-likeness (QED) is 0.129. The molecule has 63 heavy (non-hydrogen) atoms. The zero-order valence-corrected chi connectivity index (χ0v) is 37.6. The lowest BCUT2D eigenvalue weighted by atomic mass is 9.43. The maximum Gasteiger partial charge on any atom is 0.331 e. The molecule has 4 N–H and O–H groups in total. The molecule has 4 saturated carbocycles. The first-order valence-corrected chi connectivity index (χ1v) is 23.8. The van der Waals surface area contributed by atoms with Gasteiger partial charge in [0.15, 0.2) is 18.9 Å². The van der Waals surface area contributed by atoms with Crippen molar-refractivity contribution in [2.75, 3.05) is 6.61 Å². The first kappa shape index (κ1) is 45.7. The van der Waals surface area contributed by atoms with Gasteiger partial charge in [0, 0.05) is 30.8 Å². The van der Waals surface area contributed by atoms with E-state index in [1.165, 1.54) is 0 Å². The van der Waals surface area contributed by atoms with Gasteiger partial charge in [0.05, 0.1) is 48.3 Å². The van der Waals surface area contributed by atoms with Gasteiger partial charge in [-0.3, -0.25) is 0 Å². The van der Waals surface area contributed by atoms with E-state index in [9.17, 15) is 25.2 Å². The van der Waals surface area contributed by atoms with Crippen LogP contribution in [0, 0.1) is 46.8 Å². The average Bonchev–Trinajstić information content (AvgIpc) is 3.79. The fourth-order valence-corrected chi connectivity index (χ4v) is 14.0. The Morgan fingerprint density at radius 2 is 1.33 bits per heavy atom. The van der Waals surface area contributed by atoms with Crippen LogP contribution in [0.5, 0.6) is 0 Å². The fraction of sp³-hybridized carbons (Fsp3) is 0.780. The first-order valence-electron chi connectivity index (χ1n) is 23.8. The van der Waals surface area contributed by atoms with E-state index in [1.54, 1.807) is 19.9 Å². The second-order valence-electron chi connectivity index (χ2n) is 20.8. The number of esters is 1. The minimum absolute atomic E-state index is 0.0144. The van der Waals surface area contributed by atoms with Crippen molar-refractivity contribution in [2.24, 2.45) is 34.5 Å². The summed E-state index contributed by atoms with van der Waals surface area (Å²) in [5, 5.41) is 46.4. The molecule has 1 aromatic rings. The van der Waals surface area contributed by atoms with Crippen molar-refractivity contribution in [3.63, 3.8) is 0 Å². The van der Waals surface area contributed by atoms with Gasteiger partial charge in [-0.1, -0.05) is 50.1 Å². The number of carbonyl (C=O) groups is 1. The number of aliphatic hydroxyl groups excluding tert-OH is 3. The van der Waals surface area contributed by atoms with Gasteiger partial charge in [0.2, 0.25) is 0 Å². The molecule has 13 nitrogen and oxygen atoms in total. The van der Waals surface area contributed by atoms with Crippen LogP contribution in [-0.4, -0.2) is 119 Å². The summed E-state index contributed by atoms with van der Waals surface area (Å²) in [5.74, 6) is 3.76. The standard InChI is InChI=1S/C50H70O13/c1-7-40(30-11-9-8-10-12-30)61-45-27(2)58-43(24-37(45)51)62-47-29(4)59-44(25-39(47)53)63-46-28(3)57-42(23-38(46)52)60-33-15-18-48(5)32(22-33)13-14-36-35(48)16-19-49(6)34(17-20-50(36,49)55)31-21-41(54)56-26-31/h1,8-12,21,27-29,32-40,42-47,51-53,55H,13-20,22-26H2,2-6H3/t27-,28-,29-,32-,33+,34-,35?,36-,37+,38+,39+,40+,42+,43+,44+,45-,46-,47-,48+,49-,50+/m1/s1. The highest BCUT2D eigenvalue weighted by molar-refractivity contribution is 5.85. The van der Waals surface area contributed by atoms with Crippen molar-refractivity contribution in [3.8, 4) is 12.3 Å². The van der Waals surface area contributed by atoms with Crippen LogP contribution < -0.4 is 0 Å². The van der Waals surface area contributed by atoms with E-state index in [1.807, 2.05) is 37.3 Å². The van der Waals surface area contributed by atoms with E-state index >= 15 is 0 Å². The molecule has 4 aliphatic carbocycles. The van der Waals surface area contributed by atoms with Crippen LogP contribution >= 0.6 is 0 Å². The topological polar surface area (TPSA) is 172 Å². The predicted molar refractivity (Wildman–Crippen MR) is 228 cm³/mol. The van der Waals surface area contributed by atoms with Crippen LogP contribution in [0.4, 0.5) is 0 Å². The zero-order valence-electron chi connectivity index (χ0n) is 37.6. The number of rotatable bonds is 10.